The van der Waals surface area contributed by atoms with E-state index in [-0.39, 0.29) is 38.3 Å². The van der Waals surface area contributed by atoms with E-state index >= 15 is 0 Å². The highest BCUT2D eigenvalue weighted by Crippen LogP contribution is 2.27. The van der Waals surface area contributed by atoms with Crippen LogP contribution in [0.1, 0.15) is 95.7 Å². The largest absolute Gasteiger partial charge is 0.481 e. The minimum absolute atomic E-state index is 0.0398. The van der Waals surface area contributed by atoms with Crippen LogP contribution in [0.3, 0.4) is 0 Å². The number of nitrogens with one attached hydrogen (secondary N) is 2. The van der Waals surface area contributed by atoms with Crippen molar-refractivity contribution in [1.29, 1.82) is 0 Å². The molecule has 10 nitrogen and oxygen atoms in total. The Morgan fingerprint density at radius 1 is 1.00 bits per heavy atom. The molecule has 1 heterocycles. The molecule has 2 rings (SSSR count). The number of unbranched alkanes of at least 4 members (excludes halogenated alkanes) is 5. The summed E-state index contributed by atoms with van der Waals surface area (Å²) in [4.78, 5) is 51.7. The third-order valence-electron chi connectivity index (χ3n) is 7.31. The smallest absolute Gasteiger partial charge is 0.303 e. The second kappa shape index (κ2) is 16.1. The van der Waals surface area contributed by atoms with Crippen LogP contribution in [0.25, 0.3) is 0 Å². The minimum Gasteiger partial charge on any atom is -0.481 e. The molecule has 5 N–H and O–H groups in total. The maximum absolute atomic E-state index is 13.7. The summed E-state index contributed by atoms with van der Waals surface area (Å²) >= 11 is 0. The predicted octanol–water partition coefficient (Wildman–Crippen LogP) is 2.52. The highest BCUT2D eigenvalue weighted by Gasteiger charge is 2.44. The second-order valence-corrected chi connectivity index (χ2v) is 11.8. The van der Waals surface area contributed by atoms with E-state index in [1.165, 1.54) is 4.90 Å². The second-order valence-electron chi connectivity index (χ2n) is 11.8. The number of aliphatic hydroxyl groups excluding tert-OH is 2. The monoisotopic (exact) mass is 571 g/mol. The van der Waals surface area contributed by atoms with Crippen molar-refractivity contribution in [2.75, 3.05) is 13.2 Å². The van der Waals surface area contributed by atoms with Crippen LogP contribution in [0, 0.1) is 17.8 Å². The first-order valence-corrected chi connectivity index (χ1v) is 14.3. The number of nitrogens with zero attached hydrogens (tertiary/aromatic N) is 1. The summed E-state index contributed by atoms with van der Waals surface area (Å²) < 4.78 is 0. The molecule has 1 saturated heterocycles. The molecule has 0 saturated carbocycles. The normalized spacial score (nSPS) is 18.3. The fourth-order valence-corrected chi connectivity index (χ4v) is 4.94. The number of β-amino-alcohol motifs (C(OH)–C–C–N with tert-alkyl or cyclic N) is 1. The molecule has 1 aromatic carbocycles. The van der Waals surface area contributed by atoms with E-state index in [0.717, 1.165) is 25.7 Å². The van der Waals surface area contributed by atoms with Gasteiger partial charge < -0.3 is 30.9 Å². The maximum Gasteiger partial charge on any atom is 0.303 e. The van der Waals surface area contributed by atoms with Gasteiger partial charge in [-0.3, -0.25) is 19.2 Å². The Morgan fingerprint density at radius 3 is 2.12 bits per heavy atom. The Hall–Kier alpha value is -3.42. The first-order valence-electron chi connectivity index (χ1n) is 14.3. The topological polar surface area (TPSA) is 156 Å². The summed E-state index contributed by atoms with van der Waals surface area (Å²) in [6.45, 7) is 5.08. The number of benzene rings is 1. The summed E-state index contributed by atoms with van der Waals surface area (Å²) in [6, 6.07) is 4.26. The molecule has 41 heavy (non-hydrogen) atoms. The lowest BCUT2D eigenvalue weighted by molar-refractivity contribution is -0.144. The third kappa shape index (κ3) is 10.8. The summed E-state index contributed by atoms with van der Waals surface area (Å²) in [6.07, 6.45) is 9.74. The molecule has 0 aromatic heterocycles. The summed E-state index contributed by atoms with van der Waals surface area (Å²) in [5.41, 5.74) is 0.657. The molecule has 0 radical (unpaired) electrons. The number of hydrogen-bond donors (Lipinski definition) is 5. The molecule has 3 amide bonds. The van der Waals surface area contributed by atoms with Crippen LogP contribution in [0.15, 0.2) is 24.3 Å². The van der Waals surface area contributed by atoms with Gasteiger partial charge >= 0.3 is 5.97 Å². The lowest BCUT2D eigenvalue weighted by Gasteiger charge is -2.35. The molecular weight excluding hydrogens is 526 g/mol. The number of carboxylic acid groups (broad SMARTS) is 1. The van der Waals surface area contributed by atoms with Crippen LogP contribution in [0.5, 0.6) is 0 Å². The molecule has 10 heteroatoms. The first-order chi connectivity index (χ1) is 19.4. The highest BCUT2D eigenvalue weighted by molar-refractivity contribution is 5.93. The molecule has 1 aliphatic rings. The van der Waals surface area contributed by atoms with Gasteiger partial charge in [-0.1, -0.05) is 64.5 Å². The van der Waals surface area contributed by atoms with Gasteiger partial charge in [0, 0.05) is 31.4 Å². The summed E-state index contributed by atoms with van der Waals surface area (Å²) in [5.74, 6) is 0.513. The average Bonchev–Trinajstić information content (AvgIpc) is 3.32. The number of aliphatic carboxylic acids is 1. The third-order valence-corrected chi connectivity index (χ3v) is 7.31. The van der Waals surface area contributed by atoms with E-state index in [1.54, 1.807) is 24.3 Å². The number of carbonyl (C=O) groups is 4. The van der Waals surface area contributed by atoms with E-state index in [0.29, 0.717) is 24.0 Å². The number of terminal acetylenes is 1. The fraction of sp³-hybridized carbons (Fsp3) is 0.613. The van der Waals surface area contributed by atoms with Crippen molar-refractivity contribution in [3.63, 3.8) is 0 Å². The van der Waals surface area contributed by atoms with Gasteiger partial charge in [0.25, 0.3) is 0 Å². The lowest BCUT2D eigenvalue weighted by Crippen LogP contribution is -2.58. The molecular formula is C31H45N3O7. The number of aliphatic hydroxyl groups is 2. The lowest BCUT2D eigenvalue weighted by atomic mass is 9.85. The van der Waals surface area contributed by atoms with Crippen molar-refractivity contribution in [1.82, 2.24) is 15.5 Å². The van der Waals surface area contributed by atoms with Gasteiger partial charge in [-0.25, -0.2) is 0 Å². The number of carboxylic acids is 1. The van der Waals surface area contributed by atoms with Crippen LogP contribution in [-0.2, 0) is 19.2 Å². The molecule has 0 bridgehead atoms. The van der Waals surface area contributed by atoms with Crippen molar-refractivity contribution in [3.05, 3.63) is 35.4 Å². The van der Waals surface area contributed by atoms with E-state index < -0.39 is 47.4 Å². The van der Waals surface area contributed by atoms with Crippen LogP contribution in [-0.4, -0.2) is 75.2 Å². The van der Waals surface area contributed by atoms with Gasteiger partial charge in [-0.05, 0) is 36.0 Å². The van der Waals surface area contributed by atoms with Gasteiger partial charge in [0.05, 0.1) is 18.8 Å². The van der Waals surface area contributed by atoms with Gasteiger partial charge in [-0.15, -0.1) is 6.42 Å². The van der Waals surface area contributed by atoms with Crippen LogP contribution in [0.4, 0.5) is 0 Å². The van der Waals surface area contributed by atoms with Crippen molar-refractivity contribution < 1.29 is 34.5 Å². The number of amides is 3. The zero-order valence-electron chi connectivity index (χ0n) is 24.4. The number of hydrogen-bond acceptors (Lipinski definition) is 6. The predicted molar refractivity (Wildman–Crippen MR) is 154 cm³/mol. The van der Waals surface area contributed by atoms with E-state index in [1.807, 2.05) is 20.8 Å². The Morgan fingerprint density at radius 2 is 1.59 bits per heavy atom. The Balaban J connectivity index is 1.99. The number of rotatable bonds is 15. The molecule has 0 spiro atoms. The molecule has 1 fully saturated rings. The van der Waals surface area contributed by atoms with E-state index in [4.69, 9.17) is 11.5 Å². The first kappa shape index (κ1) is 33.8. The zero-order chi connectivity index (χ0) is 30.6. The molecule has 0 aliphatic carbocycles. The standard InChI is InChI=1S/C31H45N3O7/c1-5-21-14-16-22(17-15-21)24(20-35)32-29(40)25-18-23(36)19-34(25)30(41)28(31(2,3)4)33-26(37)12-10-8-6-7-9-11-13-27(38)39/h1,14-17,23-25,28,35-36H,6-13,18-20H2,2-4H3,(H,32,40)(H,33,37)(H,38,39)/t23-,24+,25+,28-/m1/s1. The van der Waals surface area contributed by atoms with E-state index in [2.05, 4.69) is 16.6 Å². The summed E-state index contributed by atoms with van der Waals surface area (Å²) in [5, 5.41) is 34.6. The molecule has 0 unspecified atom stereocenters. The van der Waals surface area contributed by atoms with E-state index in [9.17, 15) is 29.4 Å². The molecule has 1 aliphatic heterocycles. The Labute approximate surface area is 242 Å². The van der Waals surface area contributed by atoms with Crippen LogP contribution in [0.2, 0.25) is 0 Å². The fourth-order valence-electron chi connectivity index (χ4n) is 4.94. The van der Waals surface area contributed by atoms with Crippen molar-refractivity contribution in [2.45, 2.75) is 103 Å². The van der Waals surface area contributed by atoms with Crippen LogP contribution < -0.4 is 10.6 Å². The van der Waals surface area contributed by atoms with Gasteiger partial charge in [0.15, 0.2) is 0 Å². The quantitative estimate of drug-likeness (QED) is 0.160. The molecule has 1 aromatic rings. The molecule has 4 atom stereocenters. The van der Waals surface area contributed by atoms with Gasteiger partial charge in [0.2, 0.25) is 17.7 Å². The van der Waals surface area contributed by atoms with Crippen molar-refractivity contribution in [3.8, 4) is 12.3 Å². The van der Waals surface area contributed by atoms with Gasteiger partial charge in [-0.2, -0.15) is 0 Å². The Bertz CT molecular complexity index is 1070. The SMILES string of the molecule is C#Cc1ccc([C@H](CO)NC(=O)[C@@H]2C[C@@H](O)CN2C(=O)[C@@H](NC(=O)CCCCCCCCC(=O)O)C(C)(C)C)cc1. The molecule has 226 valence electrons. The highest BCUT2D eigenvalue weighted by atomic mass is 16.4. The zero-order valence-corrected chi connectivity index (χ0v) is 24.4. The van der Waals surface area contributed by atoms with Crippen LogP contribution >= 0.6 is 0 Å². The number of carbonyl (C=O) groups excluding carboxylic acids is 3. The maximum atomic E-state index is 13.7. The minimum atomic E-state index is -0.959. The van der Waals surface area contributed by atoms with Crippen molar-refractivity contribution >= 4 is 23.7 Å². The van der Waals surface area contributed by atoms with Crippen molar-refractivity contribution in [2.24, 2.45) is 5.41 Å². The van der Waals surface area contributed by atoms with Gasteiger partial charge in [0.1, 0.15) is 12.1 Å². The number of likely N-dealkylation sites (tertiary alicyclic amines) is 1. The Kier molecular flexibility index (Phi) is 13.3. The average molecular weight is 572 g/mol. The summed E-state index contributed by atoms with van der Waals surface area (Å²) in [7, 11) is 0.